The Morgan fingerprint density at radius 2 is 2.00 bits per heavy atom. The SMILES string of the molecule is CCc1cc2c(c(C(N)C(C)CC)c1)NC(=O)C2CC. The Morgan fingerprint density at radius 3 is 2.55 bits per heavy atom. The first-order valence-corrected chi connectivity index (χ1v) is 7.76. The monoisotopic (exact) mass is 274 g/mol. The molecule has 0 aliphatic carbocycles. The largest absolute Gasteiger partial charge is 0.325 e. The van der Waals surface area contributed by atoms with Crippen molar-refractivity contribution in [2.75, 3.05) is 5.32 Å². The van der Waals surface area contributed by atoms with Gasteiger partial charge in [0.25, 0.3) is 0 Å². The van der Waals surface area contributed by atoms with Crippen LogP contribution in [-0.4, -0.2) is 5.91 Å². The minimum absolute atomic E-state index is 0.0145. The summed E-state index contributed by atoms with van der Waals surface area (Å²) in [7, 11) is 0. The van der Waals surface area contributed by atoms with Gasteiger partial charge in [0.1, 0.15) is 0 Å². The number of amides is 1. The van der Waals surface area contributed by atoms with Gasteiger partial charge >= 0.3 is 0 Å². The summed E-state index contributed by atoms with van der Waals surface area (Å²) in [5, 5.41) is 3.06. The van der Waals surface area contributed by atoms with Crippen molar-refractivity contribution in [2.24, 2.45) is 11.7 Å². The van der Waals surface area contributed by atoms with Gasteiger partial charge in [-0.25, -0.2) is 0 Å². The summed E-state index contributed by atoms with van der Waals surface area (Å²) in [5.41, 5.74) is 10.9. The summed E-state index contributed by atoms with van der Waals surface area (Å²) in [6.07, 6.45) is 2.85. The fourth-order valence-corrected chi connectivity index (χ4v) is 2.96. The number of hydrogen-bond donors (Lipinski definition) is 2. The van der Waals surface area contributed by atoms with E-state index >= 15 is 0 Å². The van der Waals surface area contributed by atoms with E-state index in [1.165, 1.54) is 5.56 Å². The van der Waals surface area contributed by atoms with E-state index in [0.717, 1.165) is 36.1 Å². The molecule has 1 aliphatic heterocycles. The summed E-state index contributed by atoms with van der Waals surface area (Å²) < 4.78 is 0. The molecule has 3 nitrogen and oxygen atoms in total. The first kappa shape index (κ1) is 15.0. The summed E-state index contributed by atoms with van der Waals surface area (Å²) in [6.45, 7) is 8.53. The van der Waals surface area contributed by atoms with Gasteiger partial charge < -0.3 is 11.1 Å². The molecule has 3 heteroatoms. The fraction of sp³-hybridized carbons (Fsp3) is 0.588. The highest BCUT2D eigenvalue weighted by molar-refractivity contribution is 6.03. The maximum atomic E-state index is 12.1. The Morgan fingerprint density at radius 1 is 1.30 bits per heavy atom. The minimum atomic E-state index is -0.0174. The second kappa shape index (κ2) is 5.96. The minimum Gasteiger partial charge on any atom is -0.325 e. The van der Waals surface area contributed by atoms with Gasteiger partial charge in [0.05, 0.1) is 5.92 Å². The summed E-state index contributed by atoms with van der Waals surface area (Å²) in [4.78, 5) is 12.1. The van der Waals surface area contributed by atoms with Crippen LogP contribution in [-0.2, 0) is 11.2 Å². The number of anilines is 1. The van der Waals surface area contributed by atoms with E-state index in [2.05, 4.69) is 45.1 Å². The van der Waals surface area contributed by atoms with Crippen LogP contribution in [0.4, 0.5) is 5.69 Å². The number of nitrogens with one attached hydrogen (secondary N) is 1. The molecule has 1 amide bonds. The van der Waals surface area contributed by atoms with Crippen LogP contribution in [0.2, 0.25) is 0 Å². The third-order valence-electron chi connectivity index (χ3n) is 4.63. The van der Waals surface area contributed by atoms with Crippen LogP contribution < -0.4 is 11.1 Å². The Balaban J connectivity index is 2.53. The zero-order valence-electron chi connectivity index (χ0n) is 13.0. The first-order valence-electron chi connectivity index (χ1n) is 7.76. The molecule has 0 radical (unpaired) electrons. The number of rotatable bonds is 5. The molecule has 0 bridgehead atoms. The molecule has 1 heterocycles. The molecule has 1 aliphatic rings. The summed E-state index contributed by atoms with van der Waals surface area (Å²) >= 11 is 0. The molecule has 0 fully saturated rings. The van der Waals surface area contributed by atoms with E-state index in [1.54, 1.807) is 0 Å². The van der Waals surface area contributed by atoms with Crippen LogP contribution in [0.1, 0.15) is 69.2 Å². The molecule has 110 valence electrons. The fourth-order valence-electron chi connectivity index (χ4n) is 2.96. The molecule has 3 atom stereocenters. The first-order chi connectivity index (χ1) is 9.53. The average molecular weight is 274 g/mol. The second-order valence-corrected chi connectivity index (χ2v) is 5.86. The van der Waals surface area contributed by atoms with E-state index in [0.29, 0.717) is 5.92 Å². The predicted octanol–water partition coefficient (Wildman–Crippen LogP) is 3.74. The van der Waals surface area contributed by atoms with E-state index in [-0.39, 0.29) is 17.9 Å². The van der Waals surface area contributed by atoms with E-state index < -0.39 is 0 Å². The van der Waals surface area contributed by atoms with Crippen molar-refractivity contribution >= 4 is 11.6 Å². The average Bonchev–Trinajstić information content (AvgIpc) is 2.79. The molecular formula is C17H26N2O. The number of hydrogen-bond acceptors (Lipinski definition) is 2. The van der Waals surface area contributed by atoms with Crippen molar-refractivity contribution in [3.05, 3.63) is 28.8 Å². The molecule has 3 unspecified atom stereocenters. The van der Waals surface area contributed by atoms with Crippen LogP contribution in [0.5, 0.6) is 0 Å². The van der Waals surface area contributed by atoms with Crippen LogP contribution in [0.15, 0.2) is 12.1 Å². The topological polar surface area (TPSA) is 55.1 Å². The molecule has 1 aromatic carbocycles. The molecule has 0 spiro atoms. The maximum Gasteiger partial charge on any atom is 0.232 e. The number of carbonyl (C=O) groups excluding carboxylic acids is 1. The van der Waals surface area contributed by atoms with Crippen molar-refractivity contribution in [1.82, 2.24) is 0 Å². The van der Waals surface area contributed by atoms with Crippen molar-refractivity contribution in [3.8, 4) is 0 Å². The van der Waals surface area contributed by atoms with Gasteiger partial charge in [-0.1, -0.05) is 46.2 Å². The van der Waals surface area contributed by atoms with Crippen molar-refractivity contribution in [1.29, 1.82) is 0 Å². The van der Waals surface area contributed by atoms with Crippen molar-refractivity contribution in [2.45, 2.75) is 58.9 Å². The van der Waals surface area contributed by atoms with Gasteiger partial charge in [-0.2, -0.15) is 0 Å². The zero-order chi connectivity index (χ0) is 14.9. The number of benzene rings is 1. The Hall–Kier alpha value is -1.35. The van der Waals surface area contributed by atoms with Gasteiger partial charge in [0, 0.05) is 11.7 Å². The van der Waals surface area contributed by atoms with Gasteiger partial charge in [0.2, 0.25) is 5.91 Å². The standard InChI is InChI=1S/C17H26N2O/c1-5-10(4)15(18)14-9-11(6-2)8-13-12(7-3)17(20)19-16(13)14/h8-10,12,15H,5-7,18H2,1-4H3,(H,19,20). The number of nitrogens with two attached hydrogens (primary N) is 1. The maximum absolute atomic E-state index is 12.1. The number of aryl methyl sites for hydroxylation is 1. The van der Waals surface area contributed by atoms with Crippen LogP contribution in [0, 0.1) is 5.92 Å². The molecule has 0 saturated carbocycles. The van der Waals surface area contributed by atoms with Crippen LogP contribution in [0.25, 0.3) is 0 Å². The summed E-state index contributed by atoms with van der Waals surface area (Å²) in [5.74, 6) is 0.511. The Bertz CT molecular complexity index is 510. The smallest absolute Gasteiger partial charge is 0.232 e. The van der Waals surface area contributed by atoms with Crippen molar-refractivity contribution in [3.63, 3.8) is 0 Å². The lowest BCUT2D eigenvalue weighted by Gasteiger charge is -2.22. The van der Waals surface area contributed by atoms with Gasteiger partial charge in [-0.05, 0) is 35.4 Å². The van der Waals surface area contributed by atoms with E-state index in [9.17, 15) is 4.79 Å². The van der Waals surface area contributed by atoms with Crippen LogP contribution >= 0.6 is 0 Å². The lowest BCUT2D eigenvalue weighted by Crippen LogP contribution is -2.20. The highest BCUT2D eigenvalue weighted by Crippen LogP contribution is 2.41. The van der Waals surface area contributed by atoms with Crippen molar-refractivity contribution < 1.29 is 4.79 Å². The highest BCUT2D eigenvalue weighted by atomic mass is 16.2. The predicted molar refractivity (Wildman–Crippen MR) is 83.9 cm³/mol. The lowest BCUT2D eigenvalue weighted by atomic mass is 9.87. The normalized spacial score (nSPS) is 20.4. The van der Waals surface area contributed by atoms with Gasteiger partial charge in [-0.3, -0.25) is 4.79 Å². The molecule has 2 rings (SSSR count). The molecule has 1 aromatic rings. The molecule has 0 aromatic heterocycles. The van der Waals surface area contributed by atoms with Gasteiger partial charge in [-0.15, -0.1) is 0 Å². The van der Waals surface area contributed by atoms with E-state index in [1.807, 2.05) is 0 Å². The molecule has 0 saturated heterocycles. The third kappa shape index (κ3) is 2.47. The Labute approximate surface area is 121 Å². The molecule has 20 heavy (non-hydrogen) atoms. The zero-order valence-corrected chi connectivity index (χ0v) is 13.0. The highest BCUT2D eigenvalue weighted by Gasteiger charge is 2.33. The quantitative estimate of drug-likeness (QED) is 0.859. The van der Waals surface area contributed by atoms with Crippen LogP contribution in [0.3, 0.4) is 0 Å². The molecule has 3 N–H and O–H groups in total. The van der Waals surface area contributed by atoms with Gasteiger partial charge in [0.15, 0.2) is 0 Å². The lowest BCUT2D eigenvalue weighted by molar-refractivity contribution is -0.117. The second-order valence-electron chi connectivity index (χ2n) is 5.86. The Kier molecular flexibility index (Phi) is 4.48. The number of fused-ring (bicyclic) bond motifs is 1. The van der Waals surface area contributed by atoms with E-state index in [4.69, 9.17) is 5.73 Å². The number of carbonyl (C=O) groups is 1. The summed E-state index contributed by atoms with van der Waals surface area (Å²) in [6, 6.07) is 4.33. The molecular weight excluding hydrogens is 248 g/mol. The third-order valence-corrected chi connectivity index (χ3v) is 4.63.